The number of aromatic nitrogens is 2. The van der Waals surface area contributed by atoms with E-state index in [-0.39, 0.29) is 5.92 Å². The fourth-order valence-corrected chi connectivity index (χ4v) is 2.66. The van der Waals surface area contributed by atoms with E-state index in [2.05, 4.69) is 9.55 Å². The molecule has 1 unspecified atom stereocenters. The molecule has 2 heterocycles. The number of ether oxygens (including phenoxy) is 1. The van der Waals surface area contributed by atoms with Crippen molar-refractivity contribution in [3.63, 3.8) is 0 Å². The third kappa shape index (κ3) is 3.74. The van der Waals surface area contributed by atoms with Crippen LogP contribution >= 0.6 is 0 Å². The van der Waals surface area contributed by atoms with Crippen molar-refractivity contribution in [2.24, 2.45) is 5.92 Å². The summed E-state index contributed by atoms with van der Waals surface area (Å²) in [6, 6.07) is 11.7. The van der Waals surface area contributed by atoms with Crippen LogP contribution in [0.15, 0.2) is 55.0 Å². The molecule has 0 amide bonds. The summed E-state index contributed by atoms with van der Waals surface area (Å²) >= 11 is 0. The average molecular weight is 324 g/mol. The van der Waals surface area contributed by atoms with Crippen LogP contribution < -0.4 is 4.74 Å². The zero-order valence-corrected chi connectivity index (χ0v) is 13.6. The minimum absolute atomic E-state index is 0.381. The Bertz CT molecular complexity index is 824. The van der Waals surface area contributed by atoms with Gasteiger partial charge in [-0.25, -0.2) is 0 Å². The van der Waals surface area contributed by atoms with Gasteiger partial charge < -0.3 is 14.4 Å². The van der Waals surface area contributed by atoms with E-state index in [1.807, 2.05) is 48.8 Å². The largest absolute Gasteiger partial charge is 0.492 e. The van der Waals surface area contributed by atoms with Crippen molar-refractivity contribution in [1.29, 1.82) is 0 Å². The van der Waals surface area contributed by atoms with Crippen LogP contribution in [-0.4, -0.2) is 27.2 Å². The molecule has 1 atom stereocenters. The van der Waals surface area contributed by atoms with Crippen LogP contribution in [0.5, 0.6) is 5.75 Å². The summed E-state index contributed by atoms with van der Waals surface area (Å²) in [7, 11) is 0. The van der Waals surface area contributed by atoms with Crippen LogP contribution in [0.25, 0.3) is 10.9 Å². The van der Waals surface area contributed by atoms with Crippen molar-refractivity contribution in [3.8, 4) is 5.75 Å². The van der Waals surface area contributed by atoms with Crippen LogP contribution in [0, 0.1) is 5.92 Å². The van der Waals surface area contributed by atoms with E-state index in [0.717, 1.165) is 28.8 Å². The average Bonchev–Trinajstić information content (AvgIpc) is 3.00. The number of fused-ring (bicyclic) bond motifs is 1. The van der Waals surface area contributed by atoms with E-state index in [1.54, 1.807) is 13.1 Å². The Labute approximate surface area is 140 Å². The van der Waals surface area contributed by atoms with Crippen molar-refractivity contribution in [1.82, 2.24) is 9.55 Å². The van der Waals surface area contributed by atoms with E-state index in [1.165, 1.54) is 0 Å². The molecule has 124 valence electrons. The van der Waals surface area contributed by atoms with Gasteiger partial charge >= 0.3 is 5.97 Å². The number of hydrogen-bond acceptors (Lipinski definition) is 3. The van der Waals surface area contributed by atoms with Crippen molar-refractivity contribution < 1.29 is 14.6 Å². The molecule has 1 N–H and O–H groups in total. The normalized spacial score (nSPS) is 12.2. The zero-order valence-electron chi connectivity index (χ0n) is 13.6. The van der Waals surface area contributed by atoms with Crippen molar-refractivity contribution in [2.75, 3.05) is 6.61 Å². The molecule has 5 heteroatoms. The molecule has 5 nitrogen and oxygen atoms in total. The molecule has 0 saturated heterocycles. The molecule has 0 spiro atoms. The van der Waals surface area contributed by atoms with Gasteiger partial charge in [0.05, 0.1) is 18.0 Å². The molecule has 0 saturated carbocycles. The molecular formula is C19H20N2O3. The van der Waals surface area contributed by atoms with Gasteiger partial charge in [-0.15, -0.1) is 0 Å². The maximum atomic E-state index is 10.9. The highest BCUT2D eigenvalue weighted by Crippen LogP contribution is 2.17. The Hall–Kier alpha value is -2.82. The minimum Gasteiger partial charge on any atom is -0.492 e. The third-order valence-electron chi connectivity index (χ3n) is 4.06. The molecule has 0 bridgehead atoms. The van der Waals surface area contributed by atoms with E-state index in [9.17, 15) is 4.79 Å². The number of rotatable bonds is 7. The van der Waals surface area contributed by atoms with Gasteiger partial charge in [-0.05, 0) is 36.2 Å². The molecule has 0 aliphatic carbocycles. The predicted octanol–water partition coefficient (Wildman–Crippen LogP) is 3.38. The summed E-state index contributed by atoms with van der Waals surface area (Å²) in [6.45, 7) is 3.03. The highest BCUT2D eigenvalue weighted by Gasteiger charge is 2.11. The number of carboxylic acid groups (broad SMARTS) is 1. The second-order valence-electron chi connectivity index (χ2n) is 5.88. The van der Waals surface area contributed by atoms with Crippen LogP contribution in [0.1, 0.15) is 12.5 Å². The lowest BCUT2D eigenvalue weighted by Crippen LogP contribution is -2.12. The van der Waals surface area contributed by atoms with E-state index < -0.39 is 5.97 Å². The Morgan fingerprint density at radius 3 is 2.79 bits per heavy atom. The standard InChI is InChI=1S/C19H20N2O3/c1-14(19(22)23)12-15-2-4-17(5-3-15)24-11-10-21-9-7-16-13-20-8-6-18(16)21/h2-9,13-14H,10-12H2,1H3,(H,22,23). The van der Waals surface area contributed by atoms with Gasteiger partial charge in [0.1, 0.15) is 12.4 Å². The Morgan fingerprint density at radius 2 is 2.04 bits per heavy atom. The van der Waals surface area contributed by atoms with E-state index in [0.29, 0.717) is 13.0 Å². The van der Waals surface area contributed by atoms with Crippen LogP contribution in [0.4, 0.5) is 0 Å². The summed E-state index contributed by atoms with van der Waals surface area (Å²) in [5.41, 5.74) is 2.15. The molecule has 0 fully saturated rings. The lowest BCUT2D eigenvalue weighted by atomic mass is 10.0. The molecule has 2 aromatic heterocycles. The SMILES string of the molecule is CC(Cc1ccc(OCCn2ccc3cnccc32)cc1)C(=O)O. The monoisotopic (exact) mass is 324 g/mol. The molecular weight excluding hydrogens is 304 g/mol. The third-order valence-corrected chi connectivity index (χ3v) is 4.06. The fourth-order valence-electron chi connectivity index (χ4n) is 2.66. The number of pyridine rings is 1. The molecule has 0 radical (unpaired) electrons. The lowest BCUT2D eigenvalue weighted by Gasteiger charge is -2.10. The Kier molecular flexibility index (Phi) is 4.79. The van der Waals surface area contributed by atoms with Gasteiger partial charge in [0.25, 0.3) is 0 Å². The first kappa shape index (κ1) is 16.1. The summed E-state index contributed by atoms with van der Waals surface area (Å²) in [6.07, 6.45) is 6.20. The first-order chi connectivity index (χ1) is 11.6. The van der Waals surface area contributed by atoms with E-state index in [4.69, 9.17) is 9.84 Å². The van der Waals surface area contributed by atoms with Gasteiger partial charge in [0.15, 0.2) is 0 Å². The quantitative estimate of drug-likeness (QED) is 0.723. The summed E-state index contributed by atoms with van der Waals surface area (Å²) < 4.78 is 7.92. The summed E-state index contributed by atoms with van der Waals surface area (Å²) in [5.74, 6) is -0.363. The molecule has 24 heavy (non-hydrogen) atoms. The molecule has 3 rings (SSSR count). The molecule has 0 aliphatic rings. The second kappa shape index (κ2) is 7.17. The number of benzene rings is 1. The van der Waals surface area contributed by atoms with Crippen molar-refractivity contribution >= 4 is 16.9 Å². The number of carbonyl (C=O) groups is 1. The van der Waals surface area contributed by atoms with Crippen LogP contribution in [0.3, 0.4) is 0 Å². The van der Waals surface area contributed by atoms with Gasteiger partial charge in [-0.3, -0.25) is 9.78 Å². The van der Waals surface area contributed by atoms with E-state index >= 15 is 0 Å². The van der Waals surface area contributed by atoms with Crippen molar-refractivity contribution in [2.45, 2.75) is 19.9 Å². The Balaban J connectivity index is 1.54. The highest BCUT2D eigenvalue weighted by molar-refractivity contribution is 5.78. The first-order valence-electron chi connectivity index (χ1n) is 7.97. The first-order valence-corrected chi connectivity index (χ1v) is 7.97. The smallest absolute Gasteiger partial charge is 0.306 e. The summed E-state index contributed by atoms with van der Waals surface area (Å²) in [5, 5.41) is 10.1. The number of hydrogen-bond donors (Lipinski definition) is 1. The maximum Gasteiger partial charge on any atom is 0.306 e. The highest BCUT2D eigenvalue weighted by atomic mass is 16.5. The minimum atomic E-state index is -0.774. The predicted molar refractivity (Wildman–Crippen MR) is 92.2 cm³/mol. The summed E-state index contributed by atoms with van der Waals surface area (Å²) in [4.78, 5) is 15.0. The topological polar surface area (TPSA) is 64.4 Å². The fraction of sp³-hybridized carbons (Fsp3) is 0.263. The van der Waals surface area contributed by atoms with Gasteiger partial charge in [0.2, 0.25) is 0 Å². The van der Waals surface area contributed by atoms with Gasteiger partial charge in [-0.1, -0.05) is 19.1 Å². The number of aliphatic carboxylic acids is 1. The van der Waals surface area contributed by atoms with Gasteiger partial charge in [0, 0.05) is 24.0 Å². The maximum absolute atomic E-state index is 10.9. The van der Waals surface area contributed by atoms with Gasteiger partial charge in [-0.2, -0.15) is 0 Å². The number of nitrogens with zero attached hydrogens (tertiary/aromatic N) is 2. The Morgan fingerprint density at radius 1 is 1.25 bits per heavy atom. The molecule has 1 aromatic carbocycles. The molecule has 3 aromatic rings. The lowest BCUT2D eigenvalue weighted by molar-refractivity contribution is -0.141. The van der Waals surface area contributed by atoms with Crippen LogP contribution in [0.2, 0.25) is 0 Å². The number of carboxylic acids is 1. The molecule has 0 aliphatic heterocycles. The zero-order chi connectivity index (χ0) is 16.9. The second-order valence-corrected chi connectivity index (χ2v) is 5.88. The van der Waals surface area contributed by atoms with Crippen molar-refractivity contribution in [3.05, 3.63) is 60.6 Å². The van der Waals surface area contributed by atoms with Crippen LogP contribution in [-0.2, 0) is 17.8 Å².